The first kappa shape index (κ1) is 9.56. The third-order valence-corrected chi connectivity index (χ3v) is 1.80. The summed E-state index contributed by atoms with van der Waals surface area (Å²) in [7, 11) is 0. The summed E-state index contributed by atoms with van der Waals surface area (Å²) in [6.07, 6.45) is 0.925. The highest BCUT2D eigenvalue weighted by atomic mass is 35.5. The van der Waals surface area contributed by atoms with Gasteiger partial charge >= 0.3 is 0 Å². The molecule has 1 aromatic rings. The lowest BCUT2D eigenvalue weighted by Crippen LogP contribution is -1.95. The van der Waals surface area contributed by atoms with Crippen LogP contribution in [0.1, 0.15) is 12.0 Å². The standard InChI is InChI=1S/C10H13ClO/c11-7-4-8-12-9-10-5-2-1-3-6-10/h1-3,5-6H,4,7-9H2. The summed E-state index contributed by atoms with van der Waals surface area (Å²) in [6.45, 7) is 1.44. The van der Waals surface area contributed by atoms with Crippen LogP contribution in [0.15, 0.2) is 30.3 Å². The summed E-state index contributed by atoms with van der Waals surface area (Å²) in [5.74, 6) is 0.675. The van der Waals surface area contributed by atoms with Gasteiger partial charge in [0.2, 0.25) is 0 Å². The SMILES string of the molecule is ClCCCOCc1ccccc1. The Kier molecular flexibility index (Phi) is 4.81. The minimum Gasteiger partial charge on any atom is -0.377 e. The van der Waals surface area contributed by atoms with E-state index >= 15 is 0 Å². The highest BCUT2D eigenvalue weighted by Gasteiger charge is 1.90. The zero-order valence-electron chi connectivity index (χ0n) is 7.00. The Morgan fingerprint density at radius 2 is 1.92 bits per heavy atom. The van der Waals surface area contributed by atoms with E-state index in [4.69, 9.17) is 16.3 Å². The van der Waals surface area contributed by atoms with E-state index in [1.807, 2.05) is 18.2 Å². The molecular weight excluding hydrogens is 172 g/mol. The molecule has 0 aliphatic heterocycles. The van der Waals surface area contributed by atoms with Crippen LogP contribution in [-0.2, 0) is 11.3 Å². The van der Waals surface area contributed by atoms with Crippen molar-refractivity contribution in [2.45, 2.75) is 13.0 Å². The molecule has 1 nitrogen and oxygen atoms in total. The number of benzene rings is 1. The minimum absolute atomic E-state index is 0.675. The molecule has 12 heavy (non-hydrogen) atoms. The minimum atomic E-state index is 0.675. The molecule has 0 saturated heterocycles. The largest absolute Gasteiger partial charge is 0.377 e. The molecule has 0 radical (unpaired) electrons. The molecule has 66 valence electrons. The number of ether oxygens (including phenoxy) is 1. The third kappa shape index (κ3) is 3.74. The molecule has 0 aromatic heterocycles. The van der Waals surface area contributed by atoms with Gasteiger partial charge in [-0.25, -0.2) is 0 Å². The van der Waals surface area contributed by atoms with Gasteiger partial charge in [0.15, 0.2) is 0 Å². The second kappa shape index (κ2) is 6.04. The van der Waals surface area contributed by atoms with Gasteiger partial charge in [-0.15, -0.1) is 11.6 Å². The summed E-state index contributed by atoms with van der Waals surface area (Å²) in [6, 6.07) is 10.1. The predicted octanol–water partition coefficient (Wildman–Crippen LogP) is 2.83. The second-order valence-electron chi connectivity index (χ2n) is 2.58. The molecule has 0 amide bonds. The van der Waals surface area contributed by atoms with Gasteiger partial charge in [0.1, 0.15) is 0 Å². The first-order chi connectivity index (χ1) is 5.93. The first-order valence-corrected chi connectivity index (χ1v) is 4.64. The van der Waals surface area contributed by atoms with Crippen LogP contribution in [0.3, 0.4) is 0 Å². The molecule has 0 fully saturated rings. The van der Waals surface area contributed by atoms with E-state index in [0.29, 0.717) is 12.5 Å². The Labute approximate surface area is 78.3 Å². The average Bonchev–Trinajstić information content (AvgIpc) is 2.14. The van der Waals surface area contributed by atoms with Gasteiger partial charge in [0.25, 0.3) is 0 Å². The van der Waals surface area contributed by atoms with Crippen molar-refractivity contribution in [3.63, 3.8) is 0 Å². The Morgan fingerprint density at radius 1 is 1.17 bits per heavy atom. The smallest absolute Gasteiger partial charge is 0.0716 e. The van der Waals surface area contributed by atoms with Crippen LogP contribution >= 0.6 is 11.6 Å². The number of rotatable bonds is 5. The molecule has 0 aliphatic carbocycles. The van der Waals surface area contributed by atoms with Gasteiger partial charge in [0.05, 0.1) is 6.61 Å². The maximum atomic E-state index is 5.50. The number of hydrogen-bond acceptors (Lipinski definition) is 1. The molecule has 0 heterocycles. The summed E-state index contributed by atoms with van der Waals surface area (Å²) >= 11 is 5.50. The monoisotopic (exact) mass is 184 g/mol. The van der Waals surface area contributed by atoms with E-state index < -0.39 is 0 Å². The number of halogens is 1. The second-order valence-corrected chi connectivity index (χ2v) is 2.96. The lowest BCUT2D eigenvalue weighted by Gasteiger charge is -2.01. The van der Waals surface area contributed by atoms with Gasteiger partial charge in [-0.1, -0.05) is 30.3 Å². The fourth-order valence-electron chi connectivity index (χ4n) is 0.921. The molecule has 0 N–H and O–H groups in total. The molecule has 1 aromatic carbocycles. The van der Waals surface area contributed by atoms with Gasteiger partial charge in [-0.2, -0.15) is 0 Å². The molecule has 1 rings (SSSR count). The van der Waals surface area contributed by atoms with Gasteiger partial charge in [-0.05, 0) is 12.0 Å². The van der Waals surface area contributed by atoms with E-state index in [2.05, 4.69) is 12.1 Å². The van der Waals surface area contributed by atoms with Crippen molar-refractivity contribution in [1.82, 2.24) is 0 Å². The van der Waals surface area contributed by atoms with Crippen LogP contribution in [0.2, 0.25) is 0 Å². The molecule has 2 heteroatoms. The van der Waals surface area contributed by atoms with E-state index in [1.165, 1.54) is 5.56 Å². The van der Waals surface area contributed by atoms with Crippen molar-refractivity contribution < 1.29 is 4.74 Å². The topological polar surface area (TPSA) is 9.23 Å². The maximum absolute atomic E-state index is 5.50. The summed E-state index contributed by atoms with van der Waals surface area (Å²) in [4.78, 5) is 0. The van der Waals surface area contributed by atoms with Gasteiger partial charge in [-0.3, -0.25) is 0 Å². The number of alkyl halides is 1. The summed E-state index contributed by atoms with van der Waals surface area (Å²) in [5.41, 5.74) is 1.21. The molecule has 0 aliphatic rings. The zero-order valence-corrected chi connectivity index (χ0v) is 7.76. The lowest BCUT2D eigenvalue weighted by molar-refractivity contribution is 0.122. The first-order valence-electron chi connectivity index (χ1n) is 4.11. The van der Waals surface area contributed by atoms with Crippen LogP contribution in [-0.4, -0.2) is 12.5 Å². The third-order valence-electron chi connectivity index (χ3n) is 1.53. The summed E-state index contributed by atoms with van der Waals surface area (Å²) in [5, 5.41) is 0. The fraction of sp³-hybridized carbons (Fsp3) is 0.400. The van der Waals surface area contributed by atoms with Crippen molar-refractivity contribution >= 4 is 11.6 Å². The van der Waals surface area contributed by atoms with E-state index in [1.54, 1.807) is 0 Å². The lowest BCUT2D eigenvalue weighted by atomic mass is 10.2. The van der Waals surface area contributed by atoms with Crippen molar-refractivity contribution in [2.24, 2.45) is 0 Å². The molecule has 0 bridgehead atoms. The van der Waals surface area contributed by atoms with Crippen molar-refractivity contribution in [3.05, 3.63) is 35.9 Å². The van der Waals surface area contributed by atoms with Crippen LogP contribution in [0.5, 0.6) is 0 Å². The number of hydrogen-bond donors (Lipinski definition) is 0. The fourth-order valence-corrected chi connectivity index (χ4v) is 1.03. The highest BCUT2D eigenvalue weighted by molar-refractivity contribution is 6.17. The zero-order chi connectivity index (χ0) is 8.65. The molecule has 0 unspecified atom stereocenters. The normalized spacial score (nSPS) is 10.1. The quantitative estimate of drug-likeness (QED) is 0.505. The molecule has 0 atom stereocenters. The predicted molar refractivity (Wildman–Crippen MR) is 51.4 cm³/mol. The van der Waals surface area contributed by atoms with Crippen LogP contribution in [0.25, 0.3) is 0 Å². The Bertz CT molecular complexity index is 198. The molecule has 0 saturated carbocycles. The van der Waals surface area contributed by atoms with E-state index in [0.717, 1.165) is 13.0 Å². The van der Waals surface area contributed by atoms with Crippen molar-refractivity contribution in [1.29, 1.82) is 0 Å². The van der Waals surface area contributed by atoms with Crippen LogP contribution in [0, 0.1) is 0 Å². The molecular formula is C10H13ClO. The molecule has 0 spiro atoms. The Balaban J connectivity index is 2.16. The van der Waals surface area contributed by atoms with Crippen LogP contribution < -0.4 is 0 Å². The Hall–Kier alpha value is -0.530. The van der Waals surface area contributed by atoms with Gasteiger partial charge in [0, 0.05) is 12.5 Å². The highest BCUT2D eigenvalue weighted by Crippen LogP contribution is 2.00. The van der Waals surface area contributed by atoms with E-state index in [-0.39, 0.29) is 0 Å². The van der Waals surface area contributed by atoms with Crippen molar-refractivity contribution in [2.75, 3.05) is 12.5 Å². The average molecular weight is 185 g/mol. The van der Waals surface area contributed by atoms with Crippen molar-refractivity contribution in [3.8, 4) is 0 Å². The Morgan fingerprint density at radius 3 is 2.58 bits per heavy atom. The van der Waals surface area contributed by atoms with E-state index in [9.17, 15) is 0 Å². The van der Waals surface area contributed by atoms with Gasteiger partial charge < -0.3 is 4.74 Å². The maximum Gasteiger partial charge on any atom is 0.0716 e. The summed E-state index contributed by atoms with van der Waals surface area (Å²) < 4.78 is 5.38. The van der Waals surface area contributed by atoms with Crippen LogP contribution in [0.4, 0.5) is 0 Å².